The van der Waals surface area contributed by atoms with Gasteiger partial charge in [0.25, 0.3) is 0 Å². The SMILES string of the molecule is Cn1c(CNC(=O)C2CCCCN2Cc2cccnc2)nc2cc(Cl)ccc21. The zero-order valence-corrected chi connectivity index (χ0v) is 16.7. The Morgan fingerprint density at radius 3 is 3.04 bits per heavy atom. The quantitative estimate of drug-likeness (QED) is 0.717. The maximum atomic E-state index is 12.9. The fraction of sp³-hybridized carbons (Fsp3) is 0.381. The smallest absolute Gasteiger partial charge is 0.237 e. The number of hydrogen-bond acceptors (Lipinski definition) is 4. The van der Waals surface area contributed by atoms with Gasteiger partial charge in [-0.25, -0.2) is 4.98 Å². The van der Waals surface area contributed by atoms with Crippen LogP contribution >= 0.6 is 11.6 Å². The molecule has 1 saturated heterocycles. The maximum absolute atomic E-state index is 12.9. The molecule has 1 amide bonds. The third kappa shape index (κ3) is 4.03. The molecule has 28 heavy (non-hydrogen) atoms. The Labute approximate surface area is 169 Å². The molecule has 0 bridgehead atoms. The molecule has 146 valence electrons. The van der Waals surface area contributed by atoms with Gasteiger partial charge in [0, 0.05) is 31.0 Å². The molecule has 0 saturated carbocycles. The fourth-order valence-electron chi connectivity index (χ4n) is 3.87. The predicted molar refractivity (Wildman–Crippen MR) is 110 cm³/mol. The van der Waals surface area contributed by atoms with Crippen LogP contribution in [0.3, 0.4) is 0 Å². The predicted octanol–water partition coefficient (Wildman–Crippen LogP) is 3.29. The van der Waals surface area contributed by atoms with Crippen LogP contribution in [0.2, 0.25) is 5.02 Å². The number of rotatable bonds is 5. The van der Waals surface area contributed by atoms with E-state index in [1.165, 1.54) is 0 Å². The van der Waals surface area contributed by atoms with Crippen molar-refractivity contribution < 1.29 is 4.79 Å². The Bertz CT molecular complexity index is 972. The summed E-state index contributed by atoms with van der Waals surface area (Å²) in [6.07, 6.45) is 6.72. The Morgan fingerprint density at radius 1 is 1.32 bits per heavy atom. The molecule has 1 aliphatic rings. The lowest BCUT2D eigenvalue weighted by atomic mass is 10.0. The minimum Gasteiger partial charge on any atom is -0.348 e. The van der Waals surface area contributed by atoms with Gasteiger partial charge in [-0.15, -0.1) is 0 Å². The van der Waals surface area contributed by atoms with E-state index in [2.05, 4.69) is 26.3 Å². The van der Waals surface area contributed by atoms with Crippen molar-refractivity contribution in [3.8, 4) is 0 Å². The van der Waals surface area contributed by atoms with Crippen LogP contribution < -0.4 is 5.32 Å². The summed E-state index contributed by atoms with van der Waals surface area (Å²) in [7, 11) is 1.96. The summed E-state index contributed by atoms with van der Waals surface area (Å²) in [6.45, 7) is 2.08. The number of piperidine rings is 1. The summed E-state index contributed by atoms with van der Waals surface area (Å²) < 4.78 is 2.00. The van der Waals surface area contributed by atoms with Crippen LogP contribution in [0.15, 0.2) is 42.7 Å². The second kappa shape index (κ2) is 8.29. The molecule has 7 heteroatoms. The van der Waals surface area contributed by atoms with Crippen molar-refractivity contribution in [1.29, 1.82) is 0 Å². The number of amides is 1. The number of halogens is 1. The highest BCUT2D eigenvalue weighted by atomic mass is 35.5. The number of aryl methyl sites for hydroxylation is 1. The van der Waals surface area contributed by atoms with E-state index >= 15 is 0 Å². The lowest BCUT2D eigenvalue weighted by molar-refractivity contribution is -0.128. The summed E-state index contributed by atoms with van der Waals surface area (Å²) in [6, 6.07) is 9.53. The molecule has 1 unspecified atom stereocenters. The molecule has 6 nitrogen and oxygen atoms in total. The molecule has 1 atom stereocenters. The van der Waals surface area contributed by atoms with Crippen molar-refractivity contribution in [1.82, 2.24) is 24.8 Å². The zero-order chi connectivity index (χ0) is 19.5. The highest BCUT2D eigenvalue weighted by molar-refractivity contribution is 6.31. The second-order valence-electron chi connectivity index (χ2n) is 7.28. The van der Waals surface area contributed by atoms with Crippen molar-refractivity contribution >= 4 is 28.5 Å². The molecule has 0 aliphatic carbocycles. The molecule has 1 fully saturated rings. The van der Waals surface area contributed by atoms with Crippen molar-refractivity contribution in [2.24, 2.45) is 7.05 Å². The Balaban J connectivity index is 1.44. The number of fused-ring (bicyclic) bond motifs is 1. The molecule has 0 radical (unpaired) electrons. The van der Waals surface area contributed by atoms with E-state index in [1.807, 2.05) is 42.1 Å². The van der Waals surface area contributed by atoms with Crippen LogP contribution in [0, 0.1) is 0 Å². The highest BCUT2D eigenvalue weighted by Gasteiger charge is 2.28. The molecule has 1 aromatic carbocycles. The molecule has 1 aliphatic heterocycles. The van der Waals surface area contributed by atoms with Crippen LogP contribution in [0.5, 0.6) is 0 Å². The van der Waals surface area contributed by atoms with Crippen LogP contribution in [0.1, 0.15) is 30.7 Å². The summed E-state index contributed by atoms with van der Waals surface area (Å²) in [5.74, 6) is 0.883. The lowest BCUT2D eigenvalue weighted by Gasteiger charge is -2.34. The summed E-state index contributed by atoms with van der Waals surface area (Å²) in [5.41, 5.74) is 2.98. The third-order valence-electron chi connectivity index (χ3n) is 5.38. The molecular weight excluding hydrogens is 374 g/mol. The van der Waals surface area contributed by atoms with Gasteiger partial charge < -0.3 is 9.88 Å². The van der Waals surface area contributed by atoms with Crippen molar-refractivity contribution in [2.45, 2.75) is 38.4 Å². The van der Waals surface area contributed by atoms with E-state index in [0.717, 1.165) is 54.8 Å². The van der Waals surface area contributed by atoms with E-state index in [0.29, 0.717) is 11.6 Å². The largest absolute Gasteiger partial charge is 0.348 e. The number of nitrogens with zero attached hydrogens (tertiary/aromatic N) is 4. The number of pyridine rings is 1. The van der Waals surface area contributed by atoms with Gasteiger partial charge in [-0.05, 0) is 49.2 Å². The van der Waals surface area contributed by atoms with E-state index in [9.17, 15) is 4.79 Å². The van der Waals surface area contributed by atoms with Gasteiger partial charge in [0.2, 0.25) is 5.91 Å². The van der Waals surface area contributed by atoms with Gasteiger partial charge >= 0.3 is 0 Å². The van der Waals surface area contributed by atoms with Gasteiger partial charge in [0.1, 0.15) is 5.82 Å². The number of imidazole rings is 1. The average molecular weight is 398 g/mol. The number of benzene rings is 1. The number of aromatic nitrogens is 3. The first-order chi connectivity index (χ1) is 13.6. The fourth-order valence-corrected chi connectivity index (χ4v) is 4.03. The van der Waals surface area contributed by atoms with E-state index < -0.39 is 0 Å². The van der Waals surface area contributed by atoms with E-state index in [1.54, 1.807) is 6.20 Å². The van der Waals surface area contributed by atoms with Crippen LogP contribution in [0.4, 0.5) is 0 Å². The van der Waals surface area contributed by atoms with Gasteiger partial charge in [-0.1, -0.05) is 24.1 Å². The van der Waals surface area contributed by atoms with Crippen molar-refractivity contribution in [3.63, 3.8) is 0 Å². The Kier molecular flexibility index (Phi) is 5.59. The van der Waals surface area contributed by atoms with Crippen LogP contribution in [0.25, 0.3) is 11.0 Å². The molecule has 3 heterocycles. The molecule has 1 N–H and O–H groups in total. The van der Waals surface area contributed by atoms with Crippen molar-refractivity contribution in [3.05, 3.63) is 59.1 Å². The maximum Gasteiger partial charge on any atom is 0.237 e. The van der Waals surface area contributed by atoms with Gasteiger partial charge in [0.15, 0.2) is 0 Å². The Morgan fingerprint density at radius 2 is 2.21 bits per heavy atom. The molecule has 3 aromatic rings. The topological polar surface area (TPSA) is 63.1 Å². The first-order valence-electron chi connectivity index (χ1n) is 9.63. The van der Waals surface area contributed by atoms with Crippen LogP contribution in [-0.4, -0.2) is 37.9 Å². The number of carbonyl (C=O) groups is 1. The molecule has 2 aromatic heterocycles. The number of nitrogens with one attached hydrogen (secondary N) is 1. The average Bonchev–Trinajstić information content (AvgIpc) is 3.02. The molecule has 0 spiro atoms. The van der Waals surface area contributed by atoms with Gasteiger partial charge in [-0.3, -0.25) is 14.7 Å². The highest BCUT2D eigenvalue weighted by Crippen LogP contribution is 2.21. The number of hydrogen-bond donors (Lipinski definition) is 1. The monoisotopic (exact) mass is 397 g/mol. The first kappa shape index (κ1) is 18.9. The summed E-state index contributed by atoms with van der Waals surface area (Å²) in [5, 5.41) is 3.75. The summed E-state index contributed by atoms with van der Waals surface area (Å²) in [4.78, 5) is 24.0. The van der Waals surface area contributed by atoms with Crippen molar-refractivity contribution in [2.75, 3.05) is 6.54 Å². The minimum atomic E-state index is -0.113. The second-order valence-corrected chi connectivity index (χ2v) is 7.72. The first-order valence-corrected chi connectivity index (χ1v) is 10.0. The lowest BCUT2D eigenvalue weighted by Crippen LogP contribution is -2.49. The molecule has 4 rings (SSSR count). The van der Waals surface area contributed by atoms with E-state index in [4.69, 9.17) is 11.6 Å². The zero-order valence-electron chi connectivity index (χ0n) is 15.9. The Hall–Kier alpha value is -2.44. The minimum absolute atomic E-state index is 0.0636. The van der Waals surface area contributed by atoms with Crippen LogP contribution in [-0.2, 0) is 24.9 Å². The molecular formula is C21H24ClN5O. The van der Waals surface area contributed by atoms with E-state index in [-0.39, 0.29) is 11.9 Å². The third-order valence-corrected chi connectivity index (χ3v) is 5.62. The number of carbonyl (C=O) groups excluding carboxylic acids is 1. The normalized spacial score (nSPS) is 17.7. The standard InChI is InChI=1S/C21H24ClN5O/c1-26-18-8-7-16(22)11-17(18)25-20(26)13-24-21(28)19-6-2-3-10-27(19)14-15-5-4-9-23-12-15/h4-5,7-9,11-12,19H,2-3,6,10,13-14H2,1H3,(H,24,28). The summed E-state index contributed by atoms with van der Waals surface area (Å²) >= 11 is 6.06. The van der Waals surface area contributed by atoms with Gasteiger partial charge in [0.05, 0.1) is 23.6 Å². The number of likely N-dealkylation sites (tertiary alicyclic amines) is 1. The van der Waals surface area contributed by atoms with Gasteiger partial charge in [-0.2, -0.15) is 0 Å².